The van der Waals surface area contributed by atoms with Crippen LogP contribution in [0.2, 0.25) is 0 Å². The van der Waals surface area contributed by atoms with Crippen LogP contribution in [0.15, 0.2) is 12.3 Å². The van der Waals surface area contributed by atoms with Crippen LogP contribution < -0.4 is 10.6 Å². The van der Waals surface area contributed by atoms with Gasteiger partial charge in [0.25, 0.3) is 0 Å². The third-order valence-electron chi connectivity index (χ3n) is 2.65. The summed E-state index contributed by atoms with van der Waals surface area (Å²) in [4.78, 5) is 10.5. The number of aromatic nitrogens is 2. The van der Waals surface area contributed by atoms with E-state index in [1.807, 2.05) is 6.07 Å². The molecule has 0 atom stereocenters. The number of nitrogens with zero attached hydrogens (tertiary/aromatic N) is 3. The largest absolute Gasteiger partial charge is 0.368 e. The Morgan fingerprint density at radius 1 is 1.53 bits per heavy atom. The highest BCUT2D eigenvalue weighted by molar-refractivity contribution is 5.41. The molecule has 1 aromatic rings. The Morgan fingerprint density at radius 2 is 2.33 bits per heavy atom. The van der Waals surface area contributed by atoms with E-state index in [0.29, 0.717) is 5.95 Å². The predicted octanol–water partition coefficient (Wildman–Crippen LogP) is 1.69. The molecule has 1 saturated carbocycles. The minimum Gasteiger partial charge on any atom is -0.368 e. The van der Waals surface area contributed by atoms with Gasteiger partial charge in [-0.1, -0.05) is 6.92 Å². The van der Waals surface area contributed by atoms with Crippen molar-refractivity contribution in [2.45, 2.75) is 26.2 Å². The molecule has 2 rings (SSSR count). The second-order valence-electron chi connectivity index (χ2n) is 4.16. The van der Waals surface area contributed by atoms with E-state index in [0.717, 1.165) is 31.2 Å². The first kappa shape index (κ1) is 10.2. The first-order valence-corrected chi connectivity index (χ1v) is 5.63. The molecule has 0 bridgehead atoms. The Hall–Kier alpha value is -1.32. The van der Waals surface area contributed by atoms with Crippen LogP contribution in [0, 0.1) is 5.92 Å². The maximum atomic E-state index is 5.59. The summed E-state index contributed by atoms with van der Waals surface area (Å²) in [6.45, 7) is 4.35. The molecule has 0 spiro atoms. The summed E-state index contributed by atoms with van der Waals surface area (Å²) in [6, 6.07) is 1.94. The molecule has 0 aromatic carbocycles. The first-order chi connectivity index (χ1) is 7.29. The van der Waals surface area contributed by atoms with E-state index in [1.165, 1.54) is 12.8 Å². The zero-order valence-electron chi connectivity index (χ0n) is 9.19. The lowest BCUT2D eigenvalue weighted by Crippen LogP contribution is -2.27. The van der Waals surface area contributed by atoms with Gasteiger partial charge in [-0.05, 0) is 31.2 Å². The minimum absolute atomic E-state index is 0.365. The summed E-state index contributed by atoms with van der Waals surface area (Å²) in [5.74, 6) is 2.20. The molecule has 1 aliphatic rings. The summed E-state index contributed by atoms with van der Waals surface area (Å²) in [5.41, 5.74) is 5.59. The molecule has 0 amide bonds. The highest BCUT2D eigenvalue weighted by Gasteiger charge is 2.24. The summed E-state index contributed by atoms with van der Waals surface area (Å²) in [7, 11) is 0. The molecule has 0 aliphatic heterocycles. The number of anilines is 2. The Kier molecular flexibility index (Phi) is 3.04. The lowest BCUT2D eigenvalue weighted by Gasteiger charge is -2.22. The van der Waals surface area contributed by atoms with Gasteiger partial charge in [0.05, 0.1) is 0 Å². The van der Waals surface area contributed by atoms with Crippen molar-refractivity contribution in [3.05, 3.63) is 12.3 Å². The van der Waals surface area contributed by atoms with Crippen LogP contribution in [0.25, 0.3) is 0 Å². The summed E-state index contributed by atoms with van der Waals surface area (Å²) >= 11 is 0. The van der Waals surface area contributed by atoms with Gasteiger partial charge in [-0.25, -0.2) is 4.98 Å². The molecular weight excluding hydrogens is 188 g/mol. The van der Waals surface area contributed by atoms with Gasteiger partial charge < -0.3 is 10.6 Å². The highest BCUT2D eigenvalue weighted by Crippen LogP contribution is 2.31. The SMILES string of the molecule is CCCN(CC1CC1)c1ccnc(N)n1. The van der Waals surface area contributed by atoms with Crippen LogP contribution in [0.4, 0.5) is 11.8 Å². The van der Waals surface area contributed by atoms with Crippen molar-refractivity contribution in [3.8, 4) is 0 Å². The van der Waals surface area contributed by atoms with Gasteiger partial charge >= 0.3 is 0 Å². The van der Waals surface area contributed by atoms with Crippen LogP contribution >= 0.6 is 0 Å². The van der Waals surface area contributed by atoms with Gasteiger partial charge in [0.2, 0.25) is 5.95 Å². The second-order valence-corrected chi connectivity index (χ2v) is 4.16. The Morgan fingerprint density at radius 3 is 2.93 bits per heavy atom. The second kappa shape index (κ2) is 4.47. The van der Waals surface area contributed by atoms with Gasteiger partial charge in [0, 0.05) is 19.3 Å². The quantitative estimate of drug-likeness (QED) is 0.796. The average Bonchev–Trinajstić information content (AvgIpc) is 3.01. The molecule has 1 aromatic heterocycles. The normalized spacial score (nSPS) is 15.3. The molecule has 0 radical (unpaired) electrons. The molecule has 4 heteroatoms. The van der Waals surface area contributed by atoms with Crippen molar-refractivity contribution < 1.29 is 0 Å². The fraction of sp³-hybridized carbons (Fsp3) is 0.636. The lowest BCUT2D eigenvalue weighted by molar-refractivity contribution is 0.698. The smallest absolute Gasteiger partial charge is 0.221 e. The number of nitrogens with two attached hydrogens (primary N) is 1. The van der Waals surface area contributed by atoms with Crippen LogP contribution in [0.5, 0.6) is 0 Å². The van der Waals surface area contributed by atoms with Crippen LogP contribution in [-0.2, 0) is 0 Å². The summed E-state index contributed by atoms with van der Waals surface area (Å²) < 4.78 is 0. The molecule has 15 heavy (non-hydrogen) atoms. The van der Waals surface area contributed by atoms with Crippen LogP contribution in [0.3, 0.4) is 0 Å². The van der Waals surface area contributed by atoms with E-state index in [1.54, 1.807) is 6.20 Å². The third-order valence-corrected chi connectivity index (χ3v) is 2.65. The van der Waals surface area contributed by atoms with Crippen LogP contribution in [0.1, 0.15) is 26.2 Å². The molecule has 1 aliphatic carbocycles. The number of nitrogen functional groups attached to an aromatic ring is 1. The molecule has 1 fully saturated rings. The molecule has 0 unspecified atom stereocenters. The zero-order valence-corrected chi connectivity index (χ0v) is 9.19. The van der Waals surface area contributed by atoms with Crippen molar-refractivity contribution >= 4 is 11.8 Å². The first-order valence-electron chi connectivity index (χ1n) is 5.63. The Bertz CT molecular complexity index is 322. The van der Waals surface area contributed by atoms with Gasteiger partial charge in [0.15, 0.2) is 0 Å². The predicted molar refractivity (Wildman–Crippen MR) is 61.7 cm³/mol. The lowest BCUT2D eigenvalue weighted by atomic mass is 10.3. The van der Waals surface area contributed by atoms with E-state index in [2.05, 4.69) is 21.8 Å². The van der Waals surface area contributed by atoms with Crippen molar-refractivity contribution in [2.75, 3.05) is 23.7 Å². The van der Waals surface area contributed by atoms with E-state index in [-0.39, 0.29) is 0 Å². The van der Waals surface area contributed by atoms with Gasteiger partial charge in [-0.2, -0.15) is 4.98 Å². The summed E-state index contributed by atoms with van der Waals surface area (Å²) in [6.07, 6.45) is 5.59. The Labute approximate surface area is 90.5 Å². The topological polar surface area (TPSA) is 55.0 Å². The number of rotatable bonds is 5. The molecule has 82 valence electrons. The number of hydrogen-bond donors (Lipinski definition) is 1. The van der Waals surface area contributed by atoms with Crippen molar-refractivity contribution in [1.82, 2.24) is 9.97 Å². The van der Waals surface area contributed by atoms with E-state index < -0.39 is 0 Å². The fourth-order valence-corrected chi connectivity index (χ4v) is 1.72. The van der Waals surface area contributed by atoms with Crippen molar-refractivity contribution in [3.63, 3.8) is 0 Å². The fourth-order valence-electron chi connectivity index (χ4n) is 1.72. The summed E-state index contributed by atoms with van der Waals surface area (Å²) in [5, 5.41) is 0. The number of hydrogen-bond acceptors (Lipinski definition) is 4. The minimum atomic E-state index is 0.365. The van der Waals surface area contributed by atoms with Gasteiger partial charge in [-0.15, -0.1) is 0 Å². The van der Waals surface area contributed by atoms with Gasteiger partial charge in [-0.3, -0.25) is 0 Å². The molecule has 4 nitrogen and oxygen atoms in total. The maximum absolute atomic E-state index is 5.59. The van der Waals surface area contributed by atoms with Crippen molar-refractivity contribution in [1.29, 1.82) is 0 Å². The standard InChI is InChI=1S/C11H18N4/c1-2-7-15(8-9-3-4-9)10-5-6-13-11(12)14-10/h5-6,9H,2-4,7-8H2,1H3,(H2,12,13,14). The average molecular weight is 206 g/mol. The molecule has 2 N–H and O–H groups in total. The maximum Gasteiger partial charge on any atom is 0.221 e. The van der Waals surface area contributed by atoms with Crippen molar-refractivity contribution in [2.24, 2.45) is 5.92 Å². The zero-order chi connectivity index (χ0) is 10.7. The molecular formula is C11H18N4. The van der Waals surface area contributed by atoms with E-state index in [9.17, 15) is 0 Å². The monoisotopic (exact) mass is 206 g/mol. The molecule has 1 heterocycles. The van der Waals surface area contributed by atoms with Gasteiger partial charge in [0.1, 0.15) is 5.82 Å². The third kappa shape index (κ3) is 2.81. The molecule has 0 saturated heterocycles. The Balaban J connectivity index is 2.07. The van der Waals surface area contributed by atoms with E-state index >= 15 is 0 Å². The van der Waals surface area contributed by atoms with E-state index in [4.69, 9.17) is 5.73 Å². The highest BCUT2D eigenvalue weighted by atomic mass is 15.2. The van der Waals surface area contributed by atoms with Crippen LogP contribution in [-0.4, -0.2) is 23.1 Å².